The number of allylic oxidation sites excluding steroid dienone is 1. The van der Waals surface area contributed by atoms with Crippen molar-refractivity contribution in [3.05, 3.63) is 48.9 Å². The van der Waals surface area contributed by atoms with Gasteiger partial charge in [-0.15, -0.1) is 6.58 Å². The van der Waals surface area contributed by atoms with Crippen LogP contribution in [0.25, 0.3) is 10.8 Å². The van der Waals surface area contributed by atoms with Crippen molar-refractivity contribution < 1.29 is 36.7 Å². The lowest BCUT2D eigenvalue weighted by Crippen LogP contribution is -2.46. The van der Waals surface area contributed by atoms with Gasteiger partial charge >= 0.3 is 6.09 Å². The van der Waals surface area contributed by atoms with Crippen LogP contribution in [-0.2, 0) is 24.3 Å². The molecule has 1 aliphatic heterocycles. The van der Waals surface area contributed by atoms with Gasteiger partial charge in [0.1, 0.15) is 17.5 Å². The predicted molar refractivity (Wildman–Crippen MR) is 148 cm³/mol. The summed E-state index contributed by atoms with van der Waals surface area (Å²) in [7, 11) is -3.81. The normalized spacial score (nSPS) is 26.0. The van der Waals surface area contributed by atoms with Gasteiger partial charge in [-0.05, 0) is 69.5 Å². The first-order chi connectivity index (χ1) is 19.2. The minimum Gasteiger partial charge on any atom is -0.472 e. The second-order valence-corrected chi connectivity index (χ2v) is 14.1. The van der Waals surface area contributed by atoms with Gasteiger partial charge in [-0.25, -0.2) is 22.6 Å². The topological polar surface area (TPSA) is 132 Å². The fourth-order valence-corrected chi connectivity index (χ4v) is 6.77. The maximum absolute atomic E-state index is 14.0. The zero-order valence-electron chi connectivity index (χ0n) is 23.3. The number of sulfonamides is 1. The molecule has 2 aliphatic carbocycles. The molecule has 1 aromatic carbocycles. The molecule has 10 nitrogen and oxygen atoms in total. The zero-order chi connectivity index (χ0) is 29.7. The molecule has 220 valence electrons. The van der Waals surface area contributed by atoms with Crippen molar-refractivity contribution in [3.8, 4) is 5.88 Å². The minimum atomic E-state index is -3.81. The Bertz CT molecular complexity index is 1520. The molecular weight excluding hydrogens is 553 g/mol. The third-order valence-corrected chi connectivity index (χ3v) is 9.61. The summed E-state index contributed by atoms with van der Waals surface area (Å²) in [6.07, 6.45) is 2.76. The van der Waals surface area contributed by atoms with E-state index in [2.05, 4.69) is 16.3 Å². The molecule has 1 N–H and O–H groups in total. The molecule has 4 atom stereocenters. The molecule has 3 aliphatic rings. The van der Waals surface area contributed by atoms with Gasteiger partial charge in [0.25, 0.3) is 0 Å². The number of nitrogens with one attached hydrogen (secondary N) is 1. The molecule has 2 unspecified atom stereocenters. The Labute approximate surface area is 238 Å². The van der Waals surface area contributed by atoms with Crippen molar-refractivity contribution in [2.45, 2.75) is 75.9 Å². The molecular formula is C29H34FN3O7S. The Morgan fingerprint density at radius 2 is 1.98 bits per heavy atom. The molecule has 1 aromatic heterocycles. The van der Waals surface area contributed by atoms with Crippen LogP contribution in [0.2, 0.25) is 0 Å². The lowest BCUT2D eigenvalue weighted by molar-refractivity contribution is -0.131. The van der Waals surface area contributed by atoms with Crippen LogP contribution in [0.15, 0.2) is 43.1 Å². The van der Waals surface area contributed by atoms with Gasteiger partial charge in [0.15, 0.2) is 5.78 Å². The number of hydrogen-bond donors (Lipinski definition) is 1. The molecule has 0 radical (unpaired) electrons. The molecule has 0 bridgehead atoms. The van der Waals surface area contributed by atoms with Crippen molar-refractivity contribution >= 4 is 38.6 Å². The molecule has 2 aromatic rings. The molecule has 2 saturated carbocycles. The van der Waals surface area contributed by atoms with E-state index in [1.165, 1.54) is 23.2 Å². The fraction of sp³-hybridized carbons (Fsp3) is 0.517. The monoisotopic (exact) mass is 587 g/mol. The number of ether oxygens (including phenoxy) is 2. The molecule has 2 amide bonds. The van der Waals surface area contributed by atoms with Gasteiger partial charge in [0, 0.05) is 24.4 Å². The maximum atomic E-state index is 14.0. The minimum absolute atomic E-state index is 0.00114. The smallest absolute Gasteiger partial charge is 0.411 e. The first kappa shape index (κ1) is 29.0. The molecule has 2 heterocycles. The summed E-state index contributed by atoms with van der Waals surface area (Å²) in [6, 6.07) is 4.97. The largest absolute Gasteiger partial charge is 0.472 e. The van der Waals surface area contributed by atoms with Crippen LogP contribution in [0.5, 0.6) is 5.88 Å². The molecule has 5 rings (SSSR count). The number of fused-ring (bicyclic) bond motifs is 1. The highest BCUT2D eigenvalue weighted by molar-refractivity contribution is 7.90. The van der Waals surface area contributed by atoms with E-state index < -0.39 is 62.0 Å². The first-order valence-corrected chi connectivity index (χ1v) is 15.2. The number of nitrogens with zero attached hydrogens (tertiary/aromatic N) is 2. The van der Waals surface area contributed by atoms with Gasteiger partial charge in [0.2, 0.25) is 21.8 Å². The highest BCUT2D eigenvalue weighted by Crippen LogP contribution is 2.57. The number of ketones is 1. The number of rotatable bonds is 9. The van der Waals surface area contributed by atoms with Crippen LogP contribution in [-0.4, -0.2) is 65.6 Å². The van der Waals surface area contributed by atoms with Crippen molar-refractivity contribution in [2.24, 2.45) is 11.3 Å². The molecule has 0 spiro atoms. The van der Waals surface area contributed by atoms with Gasteiger partial charge < -0.3 is 9.47 Å². The highest BCUT2D eigenvalue weighted by atomic mass is 32.2. The number of Topliss-reactive ketones (excluding diaryl/α,β-unsaturated/α-hetero) is 1. The Hall–Kier alpha value is -3.54. The van der Waals surface area contributed by atoms with Crippen LogP contribution in [0, 0.1) is 17.2 Å². The second kappa shape index (κ2) is 10.4. The molecule has 3 fully saturated rings. The highest BCUT2D eigenvalue weighted by Gasteiger charge is 2.61. The van der Waals surface area contributed by atoms with E-state index in [-0.39, 0.29) is 37.6 Å². The third-order valence-electron chi connectivity index (χ3n) is 7.79. The fourth-order valence-electron chi connectivity index (χ4n) is 5.38. The van der Waals surface area contributed by atoms with Crippen LogP contribution in [0.4, 0.5) is 9.18 Å². The van der Waals surface area contributed by atoms with E-state index in [1.807, 2.05) is 0 Å². The average molecular weight is 588 g/mol. The number of benzene rings is 1. The predicted octanol–water partition coefficient (Wildman–Crippen LogP) is 3.89. The SMILES string of the molecule is C=C[C@@H]1C[C@]1(CC(=O)C1CC(Oc2nccc3ccc(F)cc23)CN1C(=O)OC(C)(C)C)C(=O)NS(=O)(=O)C1CC1. The number of carbonyl (C=O) groups excluding carboxylic acids is 3. The second-order valence-electron chi connectivity index (χ2n) is 12.1. The van der Waals surface area contributed by atoms with Crippen molar-refractivity contribution in [1.82, 2.24) is 14.6 Å². The number of halogens is 1. The van der Waals surface area contributed by atoms with E-state index in [0.717, 1.165) is 0 Å². The summed E-state index contributed by atoms with van der Waals surface area (Å²) in [5.41, 5.74) is -2.09. The number of hydrogen-bond acceptors (Lipinski definition) is 8. The van der Waals surface area contributed by atoms with E-state index in [9.17, 15) is 27.2 Å². The lowest BCUT2D eigenvalue weighted by atomic mass is 9.91. The van der Waals surface area contributed by atoms with E-state index in [1.54, 1.807) is 39.0 Å². The summed E-state index contributed by atoms with van der Waals surface area (Å²) in [5, 5.41) is 0.571. The summed E-state index contributed by atoms with van der Waals surface area (Å²) < 4.78 is 52.8. The van der Waals surface area contributed by atoms with Gasteiger partial charge in [-0.3, -0.25) is 19.2 Å². The standard InChI is InChI=1S/C29H34FN3O7S/c1-5-18-14-29(18,26(35)32-41(37,38)21-8-9-21)15-24(34)23-13-20(16-33(23)27(36)40-28(2,3)4)39-25-22-12-19(30)7-6-17(22)10-11-31-25/h5-7,10-12,18,20-21,23H,1,8-9,13-16H2,2-4H3,(H,32,35)/t18-,20?,23?,29-/m1/s1. The van der Waals surface area contributed by atoms with E-state index >= 15 is 0 Å². The molecule has 12 heteroatoms. The Balaban J connectivity index is 1.38. The molecule has 41 heavy (non-hydrogen) atoms. The van der Waals surface area contributed by atoms with Gasteiger partial charge in [-0.1, -0.05) is 12.1 Å². The Morgan fingerprint density at radius 3 is 2.61 bits per heavy atom. The summed E-state index contributed by atoms with van der Waals surface area (Å²) in [4.78, 5) is 45.7. The van der Waals surface area contributed by atoms with Crippen LogP contribution < -0.4 is 9.46 Å². The third kappa shape index (κ3) is 6.07. The number of aromatic nitrogens is 1. The quantitative estimate of drug-likeness (QED) is 0.437. The first-order valence-electron chi connectivity index (χ1n) is 13.6. The summed E-state index contributed by atoms with van der Waals surface area (Å²) in [5.74, 6) is -1.81. The van der Waals surface area contributed by atoms with Crippen LogP contribution in [0.1, 0.15) is 52.9 Å². The van der Waals surface area contributed by atoms with Gasteiger partial charge in [-0.2, -0.15) is 0 Å². The van der Waals surface area contributed by atoms with Crippen molar-refractivity contribution in [1.29, 1.82) is 0 Å². The van der Waals surface area contributed by atoms with E-state index in [4.69, 9.17) is 9.47 Å². The Kier molecular flexibility index (Phi) is 7.33. The van der Waals surface area contributed by atoms with Crippen molar-refractivity contribution in [2.75, 3.05) is 6.54 Å². The summed E-state index contributed by atoms with van der Waals surface area (Å²) >= 11 is 0. The van der Waals surface area contributed by atoms with Crippen molar-refractivity contribution in [3.63, 3.8) is 0 Å². The number of pyridine rings is 1. The Morgan fingerprint density at radius 1 is 1.24 bits per heavy atom. The van der Waals surface area contributed by atoms with E-state index in [0.29, 0.717) is 23.6 Å². The average Bonchev–Trinajstić information content (AvgIpc) is 3.80. The maximum Gasteiger partial charge on any atom is 0.411 e. The number of carbonyl (C=O) groups is 3. The van der Waals surface area contributed by atoms with Crippen LogP contribution in [0.3, 0.4) is 0 Å². The number of amides is 2. The lowest BCUT2D eigenvalue weighted by Gasteiger charge is -2.28. The van der Waals surface area contributed by atoms with Crippen LogP contribution >= 0.6 is 0 Å². The van der Waals surface area contributed by atoms with Gasteiger partial charge in [0.05, 0.1) is 23.3 Å². The zero-order valence-corrected chi connectivity index (χ0v) is 24.1. The molecule has 1 saturated heterocycles. The summed E-state index contributed by atoms with van der Waals surface area (Å²) in [6.45, 7) is 8.86. The number of likely N-dealkylation sites (tertiary alicyclic amines) is 1.